The number of unbranched alkanes of at least 4 members (excludes halogenated alkanes) is 3. The first-order valence-corrected chi connectivity index (χ1v) is 6.28. The van der Waals surface area contributed by atoms with E-state index < -0.39 is 8.03 Å². The quantitative estimate of drug-likeness (QED) is 0.434. The summed E-state index contributed by atoms with van der Waals surface area (Å²) in [5.41, 5.74) is 0. The molecule has 0 spiro atoms. The lowest BCUT2D eigenvalue weighted by atomic mass is 10.2. The van der Waals surface area contributed by atoms with Gasteiger partial charge in [-0.15, -0.1) is 0 Å². The van der Waals surface area contributed by atoms with Crippen molar-refractivity contribution in [3.05, 3.63) is 6.92 Å². The highest BCUT2D eigenvalue weighted by Gasteiger charge is 1.97. The van der Waals surface area contributed by atoms with E-state index in [2.05, 4.69) is 6.92 Å². The summed E-state index contributed by atoms with van der Waals surface area (Å²) in [6.07, 6.45) is 5.99. The van der Waals surface area contributed by atoms with Crippen LogP contribution in [-0.2, 0) is 9.09 Å². The van der Waals surface area contributed by atoms with Crippen LogP contribution in [0.25, 0.3) is 0 Å². The maximum atomic E-state index is 11.1. The molecule has 0 rings (SSSR count). The zero-order valence-electron chi connectivity index (χ0n) is 7.97. The monoisotopic (exact) mass is 191 g/mol. The van der Waals surface area contributed by atoms with Crippen molar-refractivity contribution in [3.63, 3.8) is 0 Å². The summed E-state index contributed by atoms with van der Waals surface area (Å²) < 4.78 is 16.2. The van der Waals surface area contributed by atoms with E-state index in [0.29, 0.717) is 6.61 Å². The molecule has 0 saturated heterocycles. The van der Waals surface area contributed by atoms with Crippen molar-refractivity contribution in [1.29, 1.82) is 0 Å². The molecule has 0 saturated carbocycles. The van der Waals surface area contributed by atoms with Crippen molar-refractivity contribution in [2.24, 2.45) is 0 Å². The van der Waals surface area contributed by atoms with Gasteiger partial charge in [0.15, 0.2) is 8.03 Å². The Morgan fingerprint density at radius 3 is 2.67 bits per heavy atom. The lowest BCUT2D eigenvalue weighted by Gasteiger charge is -2.01. The van der Waals surface area contributed by atoms with Crippen LogP contribution >= 0.6 is 8.03 Å². The first-order valence-electron chi connectivity index (χ1n) is 4.76. The molecular formula is C9H20O2P. The van der Waals surface area contributed by atoms with Crippen LogP contribution in [0.3, 0.4) is 0 Å². The topological polar surface area (TPSA) is 26.3 Å². The van der Waals surface area contributed by atoms with E-state index in [-0.39, 0.29) is 0 Å². The van der Waals surface area contributed by atoms with E-state index in [1.165, 1.54) is 0 Å². The Morgan fingerprint density at radius 2 is 2.08 bits per heavy atom. The summed E-state index contributed by atoms with van der Waals surface area (Å²) in [5, 5.41) is 0. The van der Waals surface area contributed by atoms with E-state index >= 15 is 0 Å². The maximum absolute atomic E-state index is 11.1. The second kappa shape index (κ2) is 9.28. The van der Waals surface area contributed by atoms with E-state index in [1.54, 1.807) is 0 Å². The Morgan fingerprint density at radius 1 is 1.33 bits per heavy atom. The zero-order valence-corrected chi connectivity index (χ0v) is 8.97. The standard InChI is InChI=1S/C9H20O2P/c1-3-5-6-7-9-12(10)11-8-4-2/h12H,1,3-9H2,2H3. The molecule has 0 aliphatic heterocycles. The summed E-state index contributed by atoms with van der Waals surface area (Å²) in [6.45, 7) is 6.42. The van der Waals surface area contributed by atoms with Gasteiger partial charge in [0.1, 0.15) is 0 Å². The van der Waals surface area contributed by atoms with Crippen molar-refractivity contribution in [2.75, 3.05) is 12.8 Å². The van der Waals surface area contributed by atoms with E-state index in [0.717, 1.165) is 38.3 Å². The molecule has 0 fully saturated rings. The second-order valence-electron chi connectivity index (χ2n) is 2.88. The zero-order chi connectivity index (χ0) is 9.23. The van der Waals surface area contributed by atoms with Gasteiger partial charge in [-0.3, -0.25) is 4.57 Å². The van der Waals surface area contributed by atoms with Crippen molar-refractivity contribution < 1.29 is 9.09 Å². The van der Waals surface area contributed by atoms with E-state index in [1.807, 2.05) is 6.92 Å². The Labute approximate surface area is 76.6 Å². The van der Waals surface area contributed by atoms with Crippen LogP contribution in [0, 0.1) is 6.92 Å². The Balaban J connectivity index is 3.08. The highest BCUT2D eigenvalue weighted by atomic mass is 31.1. The third-order valence-electron chi connectivity index (χ3n) is 1.60. The Hall–Kier alpha value is 0.190. The van der Waals surface area contributed by atoms with Crippen LogP contribution in [0.4, 0.5) is 0 Å². The summed E-state index contributed by atoms with van der Waals surface area (Å²) in [7, 11) is -1.70. The van der Waals surface area contributed by atoms with Crippen LogP contribution in [0.15, 0.2) is 0 Å². The lowest BCUT2D eigenvalue weighted by molar-refractivity contribution is 0.328. The third kappa shape index (κ3) is 8.29. The fraction of sp³-hybridized carbons (Fsp3) is 0.889. The summed E-state index contributed by atoms with van der Waals surface area (Å²) >= 11 is 0. The van der Waals surface area contributed by atoms with Gasteiger partial charge in [0.2, 0.25) is 0 Å². The molecule has 0 bridgehead atoms. The van der Waals surface area contributed by atoms with Gasteiger partial charge in [0.25, 0.3) is 0 Å². The van der Waals surface area contributed by atoms with Gasteiger partial charge in [-0.25, -0.2) is 0 Å². The van der Waals surface area contributed by atoms with Crippen molar-refractivity contribution in [2.45, 2.75) is 39.0 Å². The van der Waals surface area contributed by atoms with Gasteiger partial charge in [0, 0.05) is 6.16 Å². The van der Waals surface area contributed by atoms with Crippen molar-refractivity contribution >= 4 is 8.03 Å². The second-order valence-corrected chi connectivity index (χ2v) is 4.42. The smallest absolute Gasteiger partial charge is 0.191 e. The van der Waals surface area contributed by atoms with Gasteiger partial charge < -0.3 is 4.52 Å². The Kier molecular flexibility index (Phi) is 9.43. The molecule has 1 radical (unpaired) electrons. The van der Waals surface area contributed by atoms with Gasteiger partial charge >= 0.3 is 0 Å². The predicted octanol–water partition coefficient (Wildman–Crippen LogP) is 3.28. The summed E-state index contributed by atoms with van der Waals surface area (Å²) in [4.78, 5) is 0. The van der Waals surface area contributed by atoms with Crippen LogP contribution < -0.4 is 0 Å². The normalized spacial score (nSPS) is 13.2. The van der Waals surface area contributed by atoms with E-state index in [9.17, 15) is 4.57 Å². The molecule has 0 aromatic rings. The SMILES string of the molecule is [CH2]CCCCC[PH](=O)OCCC. The first kappa shape index (κ1) is 12.2. The number of rotatable bonds is 8. The number of hydrogen-bond donors (Lipinski definition) is 0. The first-order chi connectivity index (χ1) is 5.81. The minimum Gasteiger partial charge on any atom is -0.330 e. The van der Waals surface area contributed by atoms with Gasteiger partial charge in [0.05, 0.1) is 6.61 Å². The molecule has 0 heterocycles. The molecule has 3 heteroatoms. The summed E-state index contributed by atoms with van der Waals surface area (Å²) in [6, 6.07) is 0. The molecule has 0 N–H and O–H groups in total. The minimum atomic E-state index is -1.70. The highest BCUT2D eigenvalue weighted by Crippen LogP contribution is 2.24. The summed E-state index contributed by atoms with van der Waals surface area (Å²) in [5.74, 6) is 0. The third-order valence-corrected chi connectivity index (χ3v) is 2.89. The van der Waals surface area contributed by atoms with Crippen LogP contribution in [0.5, 0.6) is 0 Å². The minimum absolute atomic E-state index is 0.646. The molecule has 12 heavy (non-hydrogen) atoms. The molecule has 2 nitrogen and oxygen atoms in total. The molecule has 1 unspecified atom stereocenters. The molecule has 0 aromatic heterocycles. The molecule has 0 amide bonds. The lowest BCUT2D eigenvalue weighted by Crippen LogP contribution is -1.86. The molecular weight excluding hydrogens is 171 g/mol. The van der Waals surface area contributed by atoms with Gasteiger partial charge in [-0.1, -0.05) is 33.1 Å². The van der Waals surface area contributed by atoms with Crippen molar-refractivity contribution in [1.82, 2.24) is 0 Å². The largest absolute Gasteiger partial charge is 0.330 e. The van der Waals surface area contributed by atoms with Crippen LogP contribution in [0.1, 0.15) is 39.0 Å². The van der Waals surface area contributed by atoms with Gasteiger partial charge in [-0.05, 0) is 12.8 Å². The van der Waals surface area contributed by atoms with Gasteiger partial charge in [-0.2, -0.15) is 0 Å². The molecule has 1 atom stereocenters. The van der Waals surface area contributed by atoms with E-state index in [4.69, 9.17) is 4.52 Å². The fourth-order valence-electron chi connectivity index (χ4n) is 0.911. The van der Waals surface area contributed by atoms with Crippen LogP contribution in [-0.4, -0.2) is 12.8 Å². The Bertz CT molecular complexity index is 115. The fourth-order valence-corrected chi connectivity index (χ4v) is 2.03. The van der Waals surface area contributed by atoms with Crippen LogP contribution in [0.2, 0.25) is 0 Å². The van der Waals surface area contributed by atoms with Crippen molar-refractivity contribution in [3.8, 4) is 0 Å². The molecule has 0 aliphatic rings. The predicted molar refractivity (Wildman–Crippen MR) is 53.9 cm³/mol. The maximum Gasteiger partial charge on any atom is 0.191 e. The average molecular weight is 191 g/mol. The molecule has 0 aliphatic carbocycles. The molecule has 73 valence electrons. The highest BCUT2D eigenvalue weighted by molar-refractivity contribution is 7.39. The average Bonchev–Trinajstić information content (AvgIpc) is 2.09. The number of hydrogen-bond acceptors (Lipinski definition) is 2. The molecule has 0 aromatic carbocycles.